The Hall–Kier alpha value is -1.77. The zero-order valence-corrected chi connectivity index (χ0v) is 6.81. The number of hydrogen-bond donors (Lipinski definition) is 0. The lowest BCUT2D eigenvalue weighted by Crippen LogP contribution is -2.08. The second-order valence-electron chi connectivity index (χ2n) is 2.86. The quantitative estimate of drug-likeness (QED) is 0.611. The second-order valence-corrected chi connectivity index (χ2v) is 2.86. The third-order valence-electron chi connectivity index (χ3n) is 2.09. The number of nitrogens with zero attached hydrogens (tertiary/aromatic N) is 1. The number of rotatable bonds is 1. The molecule has 3 heteroatoms. The lowest BCUT2D eigenvalue weighted by Gasteiger charge is -2.12. The highest BCUT2D eigenvalue weighted by Gasteiger charge is 2.20. The molecule has 1 aliphatic rings. The molecule has 1 atom stereocenters. The number of allylic oxidation sites excluding steroid dienone is 1. The van der Waals surface area contributed by atoms with E-state index in [0.717, 1.165) is 0 Å². The van der Waals surface area contributed by atoms with Gasteiger partial charge in [0, 0.05) is 5.56 Å². The Morgan fingerprint density at radius 3 is 2.77 bits per heavy atom. The highest BCUT2D eigenvalue weighted by atomic mass is 16.3. The lowest BCUT2D eigenvalue weighted by molar-refractivity contribution is 0.104. The van der Waals surface area contributed by atoms with Crippen molar-refractivity contribution in [1.82, 2.24) is 0 Å². The Morgan fingerprint density at radius 2 is 2.00 bits per heavy atom. The van der Waals surface area contributed by atoms with Gasteiger partial charge in [-0.1, -0.05) is 29.4 Å². The van der Waals surface area contributed by atoms with Crippen LogP contribution >= 0.6 is 0 Å². The van der Waals surface area contributed by atoms with Gasteiger partial charge in [0.05, 0.1) is 0 Å². The fourth-order valence-electron chi connectivity index (χ4n) is 1.44. The van der Waals surface area contributed by atoms with Crippen molar-refractivity contribution in [2.45, 2.75) is 6.04 Å². The predicted molar refractivity (Wildman–Crippen MR) is 48.4 cm³/mol. The number of carbonyl (C=O) groups excluding carboxylic acids is 1. The molecule has 0 saturated heterocycles. The molecule has 1 aliphatic carbocycles. The molecule has 0 N–H and O–H groups in total. The maximum absolute atomic E-state index is 11.3. The largest absolute Gasteiger partial charge is 0.289 e. The highest BCUT2D eigenvalue weighted by Crippen LogP contribution is 2.27. The lowest BCUT2D eigenvalue weighted by atomic mass is 9.93. The Bertz CT molecular complexity index is 396. The fraction of sp³-hybridized carbons (Fsp3) is 0.100. The molecule has 1 aromatic carbocycles. The van der Waals surface area contributed by atoms with Crippen LogP contribution in [0, 0.1) is 4.91 Å². The third kappa shape index (κ3) is 1.18. The summed E-state index contributed by atoms with van der Waals surface area (Å²) in [5.74, 6) is -0.0597. The van der Waals surface area contributed by atoms with E-state index in [9.17, 15) is 9.70 Å². The topological polar surface area (TPSA) is 46.5 Å². The van der Waals surface area contributed by atoms with Crippen LogP contribution in [-0.4, -0.2) is 5.78 Å². The van der Waals surface area contributed by atoms with Gasteiger partial charge in [0.2, 0.25) is 0 Å². The van der Waals surface area contributed by atoms with Crippen molar-refractivity contribution in [3.8, 4) is 0 Å². The third-order valence-corrected chi connectivity index (χ3v) is 2.09. The molecule has 0 aliphatic heterocycles. The van der Waals surface area contributed by atoms with Crippen molar-refractivity contribution in [2.75, 3.05) is 0 Å². The van der Waals surface area contributed by atoms with Crippen LogP contribution in [0.4, 0.5) is 0 Å². The molecule has 0 saturated carbocycles. The number of nitroso groups, excluding NO2 is 1. The first kappa shape index (κ1) is 7.86. The van der Waals surface area contributed by atoms with Crippen LogP contribution in [0.25, 0.3) is 0 Å². The van der Waals surface area contributed by atoms with Crippen LogP contribution in [0.15, 0.2) is 41.6 Å². The first-order valence-corrected chi connectivity index (χ1v) is 3.97. The van der Waals surface area contributed by atoms with Crippen LogP contribution in [0.1, 0.15) is 22.0 Å². The molecule has 0 bridgehead atoms. The van der Waals surface area contributed by atoms with Gasteiger partial charge in [-0.3, -0.25) is 4.79 Å². The maximum atomic E-state index is 11.3. The molecule has 0 heterocycles. The Labute approximate surface area is 75.1 Å². The average molecular weight is 173 g/mol. The van der Waals surface area contributed by atoms with Gasteiger partial charge in [0.25, 0.3) is 0 Å². The molecular weight excluding hydrogens is 166 g/mol. The van der Waals surface area contributed by atoms with E-state index >= 15 is 0 Å². The normalized spacial score (nSPS) is 19.7. The van der Waals surface area contributed by atoms with Crippen molar-refractivity contribution in [1.29, 1.82) is 0 Å². The van der Waals surface area contributed by atoms with Gasteiger partial charge >= 0.3 is 0 Å². The number of carbonyl (C=O) groups is 1. The SMILES string of the molecule is O=NC1C=CC(=O)c2ccccc21. The molecule has 0 radical (unpaired) electrons. The van der Waals surface area contributed by atoms with Crippen molar-refractivity contribution < 1.29 is 4.79 Å². The van der Waals surface area contributed by atoms with Crippen molar-refractivity contribution in [3.63, 3.8) is 0 Å². The Morgan fingerprint density at radius 1 is 1.23 bits per heavy atom. The van der Waals surface area contributed by atoms with E-state index in [1.165, 1.54) is 12.2 Å². The van der Waals surface area contributed by atoms with Gasteiger partial charge < -0.3 is 0 Å². The van der Waals surface area contributed by atoms with Crippen molar-refractivity contribution in [3.05, 3.63) is 52.5 Å². The minimum atomic E-state index is -0.506. The summed E-state index contributed by atoms with van der Waals surface area (Å²) in [6.45, 7) is 0. The molecule has 0 spiro atoms. The molecule has 0 amide bonds. The molecule has 1 aromatic rings. The molecule has 0 fully saturated rings. The molecule has 64 valence electrons. The van der Waals surface area contributed by atoms with E-state index < -0.39 is 6.04 Å². The molecular formula is C10H7NO2. The van der Waals surface area contributed by atoms with Gasteiger partial charge in [-0.25, -0.2) is 0 Å². The zero-order valence-electron chi connectivity index (χ0n) is 6.81. The van der Waals surface area contributed by atoms with Crippen molar-refractivity contribution in [2.24, 2.45) is 5.18 Å². The summed E-state index contributed by atoms with van der Waals surface area (Å²) in [7, 11) is 0. The minimum absolute atomic E-state index is 0.0597. The van der Waals surface area contributed by atoms with Crippen LogP contribution in [0.5, 0.6) is 0 Å². The van der Waals surface area contributed by atoms with E-state index in [4.69, 9.17) is 0 Å². The smallest absolute Gasteiger partial charge is 0.185 e. The molecule has 1 unspecified atom stereocenters. The Balaban J connectivity index is 2.60. The Kier molecular flexibility index (Phi) is 1.77. The molecule has 3 nitrogen and oxygen atoms in total. The second kappa shape index (κ2) is 2.94. The van der Waals surface area contributed by atoms with E-state index in [-0.39, 0.29) is 5.78 Å². The van der Waals surface area contributed by atoms with Crippen molar-refractivity contribution >= 4 is 5.78 Å². The van der Waals surface area contributed by atoms with Crippen LogP contribution in [0.2, 0.25) is 0 Å². The fourth-order valence-corrected chi connectivity index (χ4v) is 1.44. The predicted octanol–water partition coefficient (Wildman–Crippen LogP) is 2.25. The summed E-state index contributed by atoms with van der Waals surface area (Å²) < 4.78 is 0. The first-order valence-electron chi connectivity index (χ1n) is 3.97. The van der Waals surface area contributed by atoms with Gasteiger partial charge in [-0.15, -0.1) is 4.91 Å². The molecule has 2 rings (SSSR count). The molecule has 0 aromatic heterocycles. The summed E-state index contributed by atoms with van der Waals surface area (Å²) in [6, 6.07) is 6.53. The van der Waals surface area contributed by atoms with Gasteiger partial charge in [-0.2, -0.15) is 0 Å². The monoisotopic (exact) mass is 173 g/mol. The number of ketones is 1. The summed E-state index contributed by atoms with van der Waals surface area (Å²) in [4.78, 5) is 21.7. The van der Waals surface area contributed by atoms with Crippen LogP contribution < -0.4 is 0 Å². The van der Waals surface area contributed by atoms with Gasteiger partial charge in [0.15, 0.2) is 5.78 Å². The number of fused-ring (bicyclic) bond motifs is 1. The summed E-state index contributed by atoms with van der Waals surface area (Å²) in [5, 5.41) is 2.93. The van der Waals surface area contributed by atoms with Gasteiger partial charge in [-0.05, 0) is 17.7 Å². The van der Waals surface area contributed by atoms with Crippen LogP contribution in [0.3, 0.4) is 0 Å². The number of benzene rings is 1. The maximum Gasteiger partial charge on any atom is 0.185 e. The van der Waals surface area contributed by atoms with E-state index in [1.807, 2.05) is 0 Å². The van der Waals surface area contributed by atoms with E-state index in [1.54, 1.807) is 24.3 Å². The summed E-state index contributed by atoms with van der Waals surface area (Å²) >= 11 is 0. The minimum Gasteiger partial charge on any atom is -0.289 e. The summed E-state index contributed by atoms with van der Waals surface area (Å²) in [6.07, 6.45) is 2.92. The summed E-state index contributed by atoms with van der Waals surface area (Å²) in [5.41, 5.74) is 1.28. The molecule has 13 heavy (non-hydrogen) atoms. The zero-order chi connectivity index (χ0) is 9.26. The average Bonchev–Trinajstić information content (AvgIpc) is 2.19. The highest BCUT2D eigenvalue weighted by molar-refractivity contribution is 6.07. The van der Waals surface area contributed by atoms with Crippen LogP contribution in [-0.2, 0) is 0 Å². The van der Waals surface area contributed by atoms with E-state index in [2.05, 4.69) is 5.18 Å². The standard InChI is InChI=1S/C10H7NO2/c12-10-6-5-9(11-13)7-3-1-2-4-8(7)10/h1-6,9H. The number of hydrogen-bond acceptors (Lipinski definition) is 3. The van der Waals surface area contributed by atoms with E-state index in [0.29, 0.717) is 11.1 Å². The van der Waals surface area contributed by atoms with Gasteiger partial charge in [0.1, 0.15) is 6.04 Å². The first-order chi connectivity index (χ1) is 6.33.